The lowest BCUT2D eigenvalue weighted by Gasteiger charge is -2.22. The van der Waals surface area contributed by atoms with E-state index in [9.17, 15) is 0 Å². The number of methoxy groups -OCH3 is 1. The van der Waals surface area contributed by atoms with E-state index in [0.717, 1.165) is 12.2 Å². The van der Waals surface area contributed by atoms with Crippen LogP contribution in [0.15, 0.2) is 18.2 Å². The largest absolute Gasteiger partial charge is 0.496 e. The third kappa shape index (κ3) is 5.65. The predicted molar refractivity (Wildman–Crippen MR) is 83.0 cm³/mol. The second kappa shape index (κ2) is 8.21. The van der Waals surface area contributed by atoms with Crippen LogP contribution in [0.3, 0.4) is 0 Å². The average molecular weight is 263 g/mol. The van der Waals surface area contributed by atoms with Crippen molar-refractivity contribution in [3.8, 4) is 5.75 Å². The normalized spacial score (nSPS) is 12.7. The van der Waals surface area contributed by atoms with E-state index in [1.807, 2.05) is 0 Å². The van der Waals surface area contributed by atoms with Gasteiger partial charge in [-0.3, -0.25) is 0 Å². The van der Waals surface area contributed by atoms with Gasteiger partial charge in [-0.05, 0) is 31.4 Å². The van der Waals surface area contributed by atoms with E-state index in [4.69, 9.17) is 4.74 Å². The summed E-state index contributed by atoms with van der Waals surface area (Å²) in [4.78, 5) is 0. The van der Waals surface area contributed by atoms with Gasteiger partial charge in [0, 0.05) is 12.1 Å². The summed E-state index contributed by atoms with van der Waals surface area (Å²) in [6.07, 6.45) is 4.80. The Morgan fingerprint density at radius 3 is 2.58 bits per heavy atom. The van der Waals surface area contributed by atoms with Gasteiger partial charge in [0.1, 0.15) is 5.75 Å². The zero-order valence-corrected chi connectivity index (χ0v) is 13.1. The van der Waals surface area contributed by atoms with E-state index in [2.05, 4.69) is 51.2 Å². The van der Waals surface area contributed by atoms with Crippen molar-refractivity contribution in [1.29, 1.82) is 0 Å². The van der Waals surface area contributed by atoms with Gasteiger partial charge < -0.3 is 10.1 Å². The molecule has 108 valence electrons. The molecule has 1 N–H and O–H groups in total. The van der Waals surface area contributed by atoms with Gasteiger partial charge in [0.2, 0.25) is 0 Å². The van der Waals surface area contributed by atoms with Crippen molar-refractivity contribution < 1.29 is 4.74 Å². The minimum atomic E-state index is 0.526. The summed E-state index contributed by atoms with van der Waals surface area (Å²) in [5.41, 5.74) is 2.62. The van der Waals surface area contributed by atoms with Crippen LogP contribution in [0.25, 0.3) is 0 Å². The standard InChI is InChI=1S/C17H29NO/c1-6-7-8-16(18-13(2)3)12-15-11-14(4)9-10-17(15)19-5/h9-11,13,16,18H,6-8,12H2,1-5H3. The Bertz CT molecular complexity index is 374. The Labute approximate surface area is 118 Å². The van der Waals surface area contributed by atoms with E-state index in [1.165, 1.54) is 30.4 Å². The molecule has 2 nitrogen and oxygen atoms in total. The van der Waals surface area contributed by atoms with Crippen LogP contribution in [0.4, 0.5) is 0 Å². The molecule has 0 saturated carbocycles. The lowest BCUT2D eigenvalue weighted by molar-refractivity contribution is 0.393. The molecule has 0 radical (unpaired) electrons. The van der Waals surface area contributed by atoms with Crippen molar-refractivity contribution in [1.82, 2.24) is 5.32 Å². The summed E-state index contributed by atoms with van der Waals surface area (Å²) >= 11 is 0. The van der Waals surface area contributed by atoms with Crippen LogP contribution in [-0.2, 0) is 6.42 Å². The Morgan fingerprint density at radius 1 is 1.26 bits per heavy atom. The van der Waals surface area contributed by atoms with Crippen LogP contribution < -0.4 is 10.1 Å². The second-order valence-corrected chi connectivity index (χ2v) is 5.68. The molecule has 1 atom stereocenters. The predicted octanol–water partition coefficient (Wildman–Crippen LogP) is 4.10. The number of ether oxygens (including phenoxy) is 1. The summed E-state index contributed by atoms with van der Waals surface area (Å²) in [7, 11) is 1.76. The molecule has 1 unspecified atom stereocenters. The molecule has 0 aliphatic rings. The Hall–Kier alpha value is -1.02. The molecule has 0 bridgehead atoms. The zero-order valence-electron chi connectivity index (χ0n) is 13.1. The van der Waals surface area contributed by atoms with Gasteiger partial charge in [0.25, 0.3) is 0 Å². The smallest absolute Gasteiger partial charge is 0.122 e. The molecule has 0 spiro atoms. The van der Waals surface area contributed by atoms with Gasteiger partial charge in [-0.25, -0.2) is 0 Å². The first-order valence-corrected chi connectivity index (χ1v) is 7.46. The van der Waals surface area contributed by atoms with Crippen LogP contribution in [0.1, 0.15) is 51.2 Å². The molecule has 0 saturated heterocycles. The first kappa shape index (κ1) is 16.0. The minimum Gasteiger partial charge on any atom is -0.496 e. The van der Waals surface area contributed by atoms with E-state index >= 15 is 0 Å². The number of rotatable bonds is 8. The number of aryl methyl sites for hydroxylation is 1. The van der Waals surface area contributed by atoms with Crippen molar-refractivity contribution in [3.63, 3.8) is 0 Å². The highest BCUT2D eigenvalue weighted by atomic mass is 16.5. The third-order valence-electron chi connectivity index (χ3n) is 3.38. The van der Waals surface area contributed by atoms with Crippen molar-refractivity contribution in [2.45, 2.75) is 65.5 Å². The molecular weight excluding hydrogens is 234 g/mol. The molecule has 19 heavy (non-hydrogen) atoms. The van der Waals surface area contributed by atoms with Crippen LogP contribution in [0.2, 0.25) is 0 Å². The monoisotopic (exact) mass is 263 g/mol. The fourth-order valence-electron chi connectivity index (χ4n) is 2.50. The number of nitrogens with one attached hydrogen (secondary N) is 1. The average Bonchev–Trinajstić information content (AvgIpc) is 2.35. The van der Waals surface area contributed by atoms with E-state index in [0.29, 0.717) is 12.1 Å². The molecule has 0 amide bonds. The van der Waals surface area contributed by atoms with Gasteiger partial charge in [0.05, 0.1) is 7.11 Å². The maximum Gasteiger partial charge on any atom is 0.122 e. The molecule has 0 aliphatic carbocycles. The molecule has 1 rings (SSSR count). The van der Waals surface area contributed by atoms with Gasteiger partial charge in [-0.1, -0.05) is 51.3 Å². The lowest BCUT2D eigenvalue weighted by Crippen LogP contribution is -2.36. The zero-order chi connectivity index (χ0) is 14.3. The highest BCUT2D eigenvalue weighted by Gasteiger charge is 2.13. The van der Waals surface area contributed by atoms with Crippen LogP contribution in [-0.4, -0.2) is 19.2 Å². The molecule has 0 aliphatic heterocycles. The highest BCUT2D eigenvalue weighted by Crippen LogP contribution is 2.22. The van der Waals surface area contributed by atoms with Crippen molar-refractivity contribution in [2.24, 2.45) is 0 Å². The van der Waals surface area contributed by atoms with E-state index < -0.39 is 0 Å². The Balaban J connectivity index is 2.78. The topological polar surface area (TPSA) is 21.3 Å². The molecule has 0 fully saturated rings. The van der Waals surface area contributed by atoms with Crippen molar-refractivity contribution in [3.05, 3.63) is 29.3 Å². The molecule has 0 heterocycles. The summed E-state index contributed by atoms with van der Waals surface area (Å²) < 4.78 is 5.48. The summed E-state index contributed by atoms with van der Waals surface area (Å²) in [6, 6.07) is 7.50. The Morgan fingerprint density at radius 2 is 2.00 bits per heavy atom. The van der Waals surface area contributed by atoms with Gasteiger partial charge >= 0.3 is 0 Å². The molecule has 0 aromatic heterocycles. The highest BCUT2D eigenvalue weighted by molar-refractivity contribution is 5.37. The molecular formula is C17H29NO. The van der Waals surface area contributed by atoms with Crippen LogP contribution in [0.5, 0.6) is 5.75 Å². The fourth-order valence-corrected chi connectivity index (χ4v) is 2.50. The maximum absolute atomic E-state index is 5.48. The quantitative estimate of drug-likeness (QED) is 0.762. The summed E-state index contributed by atoms with van der Waals surface area (Å²) in [6.45, 7) is 8.82. The summed E-state index contributed by atoms with van der Waals surface area (Å²) in [5, 5.41) is 3.68. The molecule has 1 aromatic carbocycles. The molecule has 2 heteroatoms. The third-order valence-corrected chi connectivity index (χ3v) is 3.38. The van der Waals surface area contributed by atoms with Crippen molar-refractivity contribution in [2.75, 3.05) is 7.11 Å². The first-order chi connectivity index (χ1) is 9.06. The van der Waals surface area contributed by atoms with Gasteiger partial charge in [0.15, 0.2) is 0 Å². The minimum absolute atomic E-state index is 0.526. The second-order valence-electron chi connectivity index (χ2n) is 5.68. The van der Waals surface area contributed by atoms with Crippen LogP contribution >= 0.6 is 0 Å². The number of benzene rings is 1. The van der Waals surface area contributed by atoms with Gasteiger partial charge in [-0.15, -0.1) is 0 Å². The fraction of sp³-hybridized carbons (Fsp3) is 0.647. The lowest BCUT2D eigenvalue weighted by atomic mass is 9.98. The van der Waals surface area contributed by atoms with Crippen LogP contribution in [0, 0.1) is 6.92 Å². The van der Waals surface area contributed by atoms with E-state index in [-0.39, 0.29) is 0 Å². The van der Waals surface area contributed by atoms with Gasteiger partial charge in [-0.2, -0.15) is 0 Å². The Kier molecular flexibility index (Phi) is 6.93. The number of hydrogen-bond acceptors (Lipinski definition) is 2. The number of hydrogen-bond donors (Lipinski definition) is 1. The molecule has 1 aromatic rings. The van der Waals surface area contributed by atoms with Crippen molar-refractivity contribution >= 4 is 0 Å². The maximum atomic E-state index is 5.48. The SMILES string of the molecule is CCCCC(Cc1cc(C)ccc1OC)NC(C)C. The summed E-state index contributed by atoms with van der Waals surface area (Å²) in [5.74, 6) is 1.01. The first-order valence-electron chi connectivity index (χ1n) is 7.46. The number of unbranched alkanes of at least 4 members (excludes halogenated alkanes) is 1. The van der Waals surface area contributed by atoms with E-state index in [1.54, 1.807) is 7.11 Å².